The van der Waals surface area contributed by atoms with Crippen molar-refractivity contribution in [2.75, 3.05) is 30.8 Å². The maximum absolute atomic E-state index is 14.4. The van der Waals surface area contributed by atoms with Crippen molar-refractivity contribution in [3.05, 3.63) is 47.2 Å². The highest BCUT2D eigenvalue weighted by Crippen LogP contribution is 2.51. The molecule has 10 nitrogen and oxygen atoms in total. The molecule has 0 spiro atoms. The standard InChI is InChI=1S/C25H26F5N5O5/c1-24(25(28,29)30)9-14(13-3-4-15(26)18(27)19(13)39-2)20(40-24)23(38)33-12-7-16(21(31)36)34-17(8-12)35-22(37)11-5-6-32-10-11/h3-4,7-8,11,14,20,32H,5-6,9-10H2,1-2H3,(H2,31,36)(H2,33,34,35,37,38)/t11?,14-,20+,24+/m0/s1. The summed E-state index contributed by atoms with van der Waals surface area (Å²) in [7, 11) is 1.01. The second-order valence-corrected chi connectivity index (χ2v) is 9.72. The lowest BCUT2D eigenvalue weighted by Crippen LogP contribution is -2.43. The number of rotatable bonds is 7. The van der Waals surface area contributed by atoms with E-state index in [2.05, 4.69) is 20.9 Å². The fraction of sp³-hybridized carbons (Fsp3) is 0.440. The molecule has 2 aliphatic heterocycles. The number of hydrogen-bond acceptors (Lipinski definition) is 7. The van der Waals surface area contributed by atoms with E-state index < -0.39 is 65.3 Å². The Labute approximate surface area is 224 Å². The van der Waals surface area contributed by atoms with E-state index in [1.165, 1.54) is 6.07 Å². The fourth-order valence-corrected chi connectivity index (χ4v) is 4.79. The van der Waals surface area contributed by atoms with E-state index in [0.717, 1.165) is 26.2 Å². The maximum Gasteiger partial charge on any atom is 0.417 e. The van der Waals surface area contributed by atoms with Gasteiger partial charge < -0.3 is 31.2 Å². The zero-order valence-electron chi connectivity index (χ0n) is 21.3. The van der Waals surface area contributed by atoms with Crippen LogP contribution in [0.3, 0.4) is 0 Å². The normalized spacial score (nSPS) is 24.5. The number of anilines is 2. The third-order valence-electron chi connectivity index (χ3n) is 6.93. The van der Waals surface area contributed by atoms with Crippen molar-refractivity contribution in [2.45, 2.75) is 43.6 Å². The Bertz CT molecular complexity index is 1330. The quantitative estimate of drug-likeness (QED) is 0.374. The molecule has 5 N–H and O–H groups in total. The van der Waals surface area contributed by atoms with Crippen LogP contribution in [0.15, 0.2) is 24.3 Å². The van der Waals surface area contributed by atoms with Crippen LogP contribution in [0.1, 0.15) is 41.7 Å². The van der Waals surface area contributed by atoms with E-state index in [1.54, 1.807) is 0 Å². The molecule has 40 heavy (non-hydrogen) atoms. The number of nitrogens with two attached hydrogens (primary N) is 1. The van der Waals surface area contributed by atoms with Crippen LogP contribution in [0, 0.1) is 17.6 Å². The zero-order valence-corrected chi connectivity index (χ0v) is 21.3. The first-order valence-electron chi connectivity index (χ1n) is 12.1. The first-order chi connectivity index (χ1) is 18.7. The third kappa shape index (κ3) is 5.70. The molecule has 4 rings (SSSR count). The Kier molecular flexibility index (Phi) is 7.99. The molecule has 0 saturated carbocycles. The largest absolute Gasteiger partial charge is 0.493 e. The van der Waals surface area contributed by atoms with Crippen LogP contribution in [0.25, 0.3) is 0 Å². The van der Waals surface area contributed by atoms with Gasteiger partial charge in [0.1, 0.15) is 17.6 Å². The first kappa shape index (κ1) is 29.1. The number of benzene rings is 1. The summed E-state index contributed by atoms with van der Waals surface area (Å²) in [5.41, 5.74) is 1.83. The summed E-state index contributed by atoms with van der Waals surface area (Å²) in [5, 5.41) is 7.92. The number of amides is 3. The van der Waals surface area contributed by atoms with E-state index >= 15 is 0 Å². The van der Waals surface area contributed by atoms with Crippen molar-refractivity contribution >= 4 is 29.2 Å². The summed E-state index contributed by atoms with van der Waals surface area (Å²) in [6.07, 6.45) is -7.01. The van der Waals surface area contributed by atoms with E-state index in [4.69, 9.17) is 15.2 Å². The van der Waals surface area contributed by atoms with E-state index in [0.29, 0.717) is 25.6 Å². The predicted octanol–water partition coefficient (Wildman–Crippen LogP) is 2.85. The number of hydrogen-bond donors (Lipinski definition) is 4. The van der Waals surface area contributed by atoms with Crippen molar-refractivity contribution in [1.29, 1.82) is 0 Å². The van der Waals surface area contributed by atoms with Gasteiger partial charge in [0.25, 0.3) is 11.8 Å². The summed E-state index contributed by atoms with van der Waals surface area (Å²) < 4.78 is 80.2. The highest BCUT2D eigenvalue weighted by molar-refractivity contribution is 5.99. The van der Waals surface area contributed by atoms with Gasteiger partial charge in [-0.3, -0.25) is 14.4 Å². The molecule has 1 aromatic carbocycles. The van der Waals surface area contributed by atoms with Gasteiger partial charge in [0.05, 0.1) is 13.0 Å². The summed E-state index contributed by atoms with van der Waals surface area (Å²) in [5.74, 6) is -7.79. The summed E-state index contributed by atoms with van der Waals surface area (Å²) in [6.45, 7) is 1.80. The number of carbonyl (C=O) groups is 3. The molecule has 4 atom stereocenters. The average molecular weight is 572 g/mol. The Hall–Kier alpha value is -3.85. The molecule has 3 amide bonds. The molecule has 0 bridgehead atoms. The van der Waals surface area contributed by atoms with Gasteiger partial charge in [-0.05, 0) is 38.4 Å². The number of aromatic nitrogens is 1. The molecule has 2 aromatic rings. The smallest absolute Gasteiger partial charge is 0.417 e. The molecule has 2 aliphatic rings. The summed E-state index contributed by atoms with van der Waals surface area (Å²) in [4.78, 5) is 41.7. The number of methoxy groups -OCH3 is 1. The molecule has 0 aliphatic carbocycles. The number of pyridine rings is 1. The number of alkyl halides is 3. The predicted molar refractivity (Wildman–Crippen MR) is 131 cm³/mol. The van der Waals surface area contributed by atoms with Crippen molar-refractivity contribution in [3.63, 3.8) is 0 Å². The van der Waals surface area contributed by atoms with Gasteiger partial charge in [-0.1, -0.05) is 6.07 Å². The van der Waals surface area contributed by atoms with Crippen molar-refractivity contribution in [3.8, 4) is 5.75 Å². The molecule has 15 heteroatoms. The molecular weight excluding hydrogens is 545 g/mol. The molecule has 216 valence electrons. The lowest BCUT2D eigenvalue weighted by molar-refractivity contribution is -0.261. The van der Waals surface area contributed by atoms with E-state index in [1.807, 2.05) is 0 Å². The Morgan fingerprint density at radius 1 is 1.18 bits per heavy atom. The Morgan fingerprint density at radius 3 is 2.50 bits per heavy atom. The number of halogens is 5. The van der Waals surface area contributed by atoms with Gasteiger partial charge in [0, 0.05) is 29.8 Å². The van der Waals surface area contributed by atoms with Crippen LogP contribution in [-0.2, 0) is 14.3 Å². The van der Waals surface area contributed by atoms with Crippen LogP contribution >= 0.6 is 0 Å². The first-order valence-corrected chi connectivity index (χ1v) is 12.1. The topological polar surface area (TPSA) is 145 Å². The Balaban J connectivity index is 1.67. The minimum atomic E-state index is -4.92. The van der Waals surface area contributed by atoms with Crippen LogP contribution in [0.4, 0.5) is 33.5 Å². The number of nitrogens with one attached hydrogen (secondary N) is 3. The van der Waals surface area contributed by atoms with Gasteiger partial charge in [0.2, 0.25) is 11.7 Å². The number of nitrogens with zero attached hydrogens (tertiary/aromatic N) is 1. The monoisotopic (exact) mass is 571 g/mol. The fourth-order valence-electron chi connectivity index (χ4n) is 4.79. The van der Waals surface area contributed by atoms with Gasteiger partial charge >= 0.3 is 6.18 Å². The van der Waals surface area contributed by atoms with Gasteiger partial charge in [-0.15, -0.1) is 0 Å². The summed E-state index contributed by atoms with van der Waals surface area (Å²) in [6, 6.07) is 3.99. The van der Waals surface area contributed by atoms with Crippen molar-refractivity contribution in [1.82, 2.24) is 10.3 Å². The van der Waals surface area contributed by atoms with E-state index in [-0.39, 0.29) is 28.7 Å². The second kappa shape index (κ2) is 11.0. The van der Waals surface area contributed by atoms with Crippen molar-refractivity contribution < 1.29 is 45.8 Å². The highest BCUT2D eigenvalue weighted by Gasteiger charge is 2.61. The molecule has 1 unspecified atom stereocenters. The van der Waals surface area contributed by atoms with Gasteiger partial charge in [0.15, 0.2) is 17.2 Å². The van der Waals surface area contributed by atoms with Crippen LogP contribution < -0.4 is 26.4 Å². The Morgan fingerprint density at radius 2 is 1.90 bits per heavy atom. The summed E-state index contributed by atoms with van der Waals surface area (Å²) >= 11 is 0. The molecule has 0 radical (unpaired) electrons. The SMILES string of the molecule is COc1c([C@@H]2C[C@](C)(C(F)(F)F)O[C@H]2C(=O)Nc2cc(NC(=O)C3CCNC3)nc(C(N)=O)c2)ccc(F)c1F. The van der Waals surface area contributed by atoms with Gasteiger partial charge in [-0.2, -0.15) is 17.6 Å². The maximum atomic E-state index is 14.4. The van der Waals surface area contributed by atoms with Crippen molar-refractivity contribution in [2.24, 2.45) is 11.7 Å². The highest BCUT2D eigenvalue weighted by atomic mass is 19.4. The molecule has 1 aromatic heterocycles. The van der Waals surface area contributed by atoms with Crippen LogP contribution in [-0.4, -0.2) is 60.8 Å². The third-order valence-corrected chi connectivity index (χ3v) is 6.93. The number of primary amides is 1. The molecule has 2 fully saturated rings. The second-order valence-electron chi connectivity index (χ2n) is 9.72. The molecular formula is C25H26F5N5O5. The average Bonchev–Trinajstić information content (AvgIpc) is 3.54. The lowest BCUT2D eigenvalue weighted by atomic mass is 9.85. The lowest BCUT2D eigenvalue weighted by Gasteiger charge is -2.27. The number of carbonyl (C=O) groups excluding carboxylic acids is 3. The van der Waals surface area contributed by atoms with Crippen LogP contribution in [0.5, 0.6) is 5.75 Å². The minimum absolute atomic E-state index is 0.130. The molecule has 2 saturated heterocycles. The molecule has 3 heterocycles. The number of ether oxygens (including phenoxy) is 2. The minimum Gasteiger partial charge on any atom is -0.493 e. The van der Waals surface area contributed by atoms with E-state index in [9.17, 15) is 36.3 Å². The van der Waals surface area contributed by atoms with Gasteiger partial charge in [-0.25, -0.2) is 9.37 Å². The zero-order chi connectivity index (χ0) is 29.4. The van der Waals surface area contributed by atoms with Crippen LogP contribution in [0.2, 0.25) is 0 Å².